The van der Waals surface area contributed by atoms with Gasteiger partial charge in [0.15, 0.2) is 5.79 Å². The van der Waals surface area contributed by atoms with Crippen LogP contribution < -0.4 is 0 Å². The van der Waals surface area contributed by atoms with E-state index in [0.717, 1.165) is 18.4 Å². The van der Waals surface area contributed by atoms with Crippen LogP contribution in [-0.4, -0.2) is 35.4 Å². The highest BCUT2D eigenvalue weighted by molar-refractivity contribution is 6.00. The first kappa shape index (κ1) is 17.9. The summed E-state index contributed by atoms with van der Waals surface area (Å²) in [6.07, 6.45) is 4.31. The topological polar surface area (TPSA) is 72.8 Å². The fraction of sp³-hybridized carbons (Fsp3) is 0.714. The van der Waals surface area contributed by atoms with Crippen LogP contribution in [0.1, 0.15) is 46.5 Å². The summed E-state index contributed by atoms with van der Waals surface area (Å²) in [4.78, 5) is 26.1. The van der Waals surface area contributed by atoms with E-state index in [9.17, 15) is 14.7 Å². The summed E-state index contributed by atoms with van der Waals surface area (Å²) < 4.78 is 11.4. The molecule has 0 aromatic carbocycles. The zero-order valence-corrected chi connectivity index (χ0v) is 16.0. The van der Waals surface area contributed by atoms with Crippen LogP contribution in [0.15, 0.2) is 23.8 Å². The number of carbonyl (C=O) groups is 2. The maximum atomic E-state index is 13.4. The Bertz CT molecular complexity index is 737. The third kappa shape index (κ3) is 1.93. The Morgan fingerprint density at radius 3 is 2.77 bits per heavy atom. The molecule has 0 aromatic heterocycles. The van der Waals surface area contributed by atoms with Crippen LogP contribution in [0.2, 0.25) is 0 Å². The van der Waals surface area contributed by atoms with Gasteiger partial charge in [0.1, 0.15) is 5.78 Å². The highest BCUT2D eigenvalue weighted by atomic mass is 16.7. The molecule has 0 amide bonds. The third-order valence-electron chi connectivity index (χ3n) is 7.51. The van der Waals surface area contributed by atoms with E-state index in [0.29, 0.717) is 12.0 Å². The summed E-state index contributed by atoms with van der Waals surface area (Å²) in [7, 11) is 1.33. The summed E-state index contributed by atoms with van der Waals surface area (Å²) in [5.74, 6) is -2.87. The average Bonchev–Trinajstić information content (AvgIpc) is 2.72. The molecule has 5 heteroatoms. The molecule has 3 fully saturated rings. The van der Waals surface area contributed by atoms with Gasteiger partial charge in [0.25, 0.3) is 0 Å². The Kier molecular flexibility index (Phi) is 3.65. The van der Waals surface area contributed by atoms with Crippen molar-refractivity contribution in [1.82, 2.24) is 0 Å². The molecule has 5 nitrogen and oxygen atoms in total. The normalized spacial score (nSPS) is 46.8. The Morgan fingerprint density at radius 1 is 1.46 bits per heavy atom. The second-order valence-electron chi connectivity index (χ2n) is 9.12. The first-order valence-corrected chi connectivity index (χ1v) is 9.53. The Balaban J connectivity index is 1.96. The number of rotatable bonds is 2. The van der Waals surface area contributed by atoms with Crippen molar-refractivity contribution in [3.8, 4) is 0 Å². The van der Waals surface area contributed by atoms with Gasteiger partial charge in [0, 0.05) is 35.7 Å². The number of ether oxygens (including phenoxy) is 2. The average molecular weight is 360 g/mol. The molecule has 0 radical (unpaired) electrons. The van der Waals surface area contributed by atoms with Gasteiger partial charge >= 0.3 is 5.97 Å². The molecule has 142 valence electrons. The lowest BCUT2D eigenvalue weighted by Gasteiger charge is -2.54. The molecule has 2 saturated carbocycles. The zero-order valence-electron chi connectivity index (χ0n) is 16.0. The minimum absolute atomic E-state index is 0.0130. The number of ketones is 1. The molecule has 4 rings (SSSR count). The zero-order chi connectivity index (χ0) is 19.1. The monoisotopic (exact) mass is 360 g/mol. The fourth-order valence-electron chi connectivity index (χ4n) is 6.27. The molecule has 1 saturated heterocycles. The van der Waals surface area contributed by atoms with Crippen molar-refractivity contribution in [3.05, 3.63) is 23.8 Å². The number of hydrogen-bond acceptors (Lipinski definition) is 5. The number of methoxy groups -OCH3 is 1. The third-order valence-corrected chi connectivity index (χ3v) is 7.51. The van der Waals surface area contributed by atoms with E-state index in [1.54, 1.807) is 6.08 Å². The van der Waals surface area contributed by atoms with Crippen molar-refractivity contribution >= 4 is 11.8 Å². The smallest absolute Gasteiger partial charge is 0.334 e. The lowest BCUT2D eigenvalue weighted by molar-refractivity contribution is -0.271. The van der Waals surface area contributed by atoms with E-state index < -0.39 is 28.7 Å². The number of hydrogen-bond donors (Lipinski definition) is 1. The van der Waals surface area contributed by atoms with Gasteiger partial charge in [-0.2, -0.15) is 0 Å². The molecule has 2 bridgehead atoms. The van der Waals surface area contributed by atoms with Crippen molar-refractivity contribution in [1.29, 1.82) is 0 Å². The molecule has 0 aromatic rings. The SMILES string of the molecule is C=C1CCC2C3(C=C(C(=O)OC)C4C(=O)C(C(C)C)CC(O)(O3)C42C)C1. The first-order valence-electron chi connectivity index (χ1n) is 9.53. The van der Waals surface area contributed by atoms with Crippen LogP contribution in [-0.2, 0) is 19.1 Å². The van der Waals surface area contributed by atoms with Gasteiger partial charge in [-0.25, -0.2) is 4.79 Å². The van der Waals surface area contributed by atoms with Crippen molar-refractivity contribution in [2.75, 3.05) is 7.11 Å². The Labute approximate surface area is 154 Å². The molecule has 6 atom stereocenters. The van der Waals surface area contributed by atoms with Crippen molar-refractivity contribution in [2.24, 2.45) is 29.1 Å². The molecular formula is C21H28O5. The molecule has 1 aliphatic heterocycles. The van der Waals surface area contributed by atoms with Gasteiger partial charge in [0.2, 0.25) is 0 Å². The Morgan fingerprint density at radius 2 is 2.15 bits per heavy atom. The van der Waals surface area contributed by atoms with Gasteiger partial charge in [-0.1, -0.05) is 32.9 Å². The second-order valence-corrected chi connectivity index (χ2v) is 9.12. The van der Waals surface area contributed by atoms with Crippen LogP contribution >= 0.6 is 0 Å². The summed E-state index contributed by atoms with van der Waals surface area (Å²) in [6, 6.07) is 0. The number of esters is 1. The standard InChI is InChI=1S/C21H28O5/c1-11(2)13-10-21(24)19(4)15-7-6-12(3)8-20(15,26-21)9-14(18(23)25-5)16(19)17(13)22/h9,11,13,15-16,24H,3,6-8,10H2,1-2,4-5H3. The van der Waals surface area contributed by atoms with Gasteiger partial charge in [-0.15, -0.1) is 0 Å². The molecule has 1 heterocycles. The maximum Gasteiger partial charge on any atom is 0.334 e. The van der Waals surface area contributed by atoms with Crippen LogP contribution in [0, 0.1) is 29.1 Å². The number of aliphatic hydroxyl groups is 1. The highest BCUT2D eigenvalue weighted by Gasteiger charge is 2.77. The van der Waals surface area contributed by atoms with E-state index in [1.807, 2.05) is 20.8 Å². The lowest BCUT2D eigenvalue weighted by Crippen LogP contribution is -2.62. The largest absolute Gasteiger partial charge is 0.466 e. The molecule has 0 spiro atoms. The van der Waals surface area contributed by atoms with Crippen LogP contribution in [0.5, 0.6) is 0 Å². The second kappa shape index (κ2) is 5.29. The van der Waals surface area contributed by atoms with E-state index >= 15 is 0 Å². The summed E-state index contributed by atoms with van der Waals surface area (Å²) >= 11 is 0. The summed E-state index contributed by atoms with van der Waals surface area (Å²) in [6.45, 7) is 10.0. The molecular weight excluding hydrogens is 332 g/mol. The summed E-state index contributed by atoms with van der Waals surface area (Å²) in [5, 5.41) is 11.7. The van der Waals surface area contributed by atoms with E-state index in [-0.39, 0.29) is 30.0 Å². The fourth-order valence-corrected chi connectivity index (χ4v) is 6.27. The van der Waals surface area contributed by atoms with E-state index in [2.05, 4.69) is 6.58 Å². The predicted molar refractivity (Wildman–Crippen MR) is 94.9 cm³/mol. The molecule has 3 aliphatic carbocycles. The van der Waals surface area contributed by atoms with Crippen LogP contribution in [0.3, 0.4) is 0 Å². The van der Waals surface area contributed by atoms with Crippen molar-refractivity contribution in [3.63, 3.8) is 0 Å². The molecule has 26 heavy (non-hydrogen) atoms. The van der Waals surface area contributed by atoms with Crippen LogP contribution in [0.4, 0.5) is 0 Å². The van der Waals surface area contributed by atoms with E-state index in [1.165, 1.54) is 7.11 Å². The molecule has 1 N–H and O–H groups in total. The minimum atomic E-state index is -1.43. The quantitative estimate of drug-likeness (QED) is 0.605. The van der Waals surface area contributed by atoms with Gasteiger partial charge in [-0.05, 0) is 24.8 Å². The Hall–Kier alpha value is -1.46. The van der Waals surface area contributed by atoms with Gasteiger partial charge < -0.3 is 14.6 Å². The maximum absolute atomic E-state index is 13.4. The first-order chi connectivity index (χ1) is 12.1. The number of carbonyl (C=O) groups excluding carboxylic acids is 2. The highest BCUT2D eigenvalue weighted by Crippen LogP contribution is 2.71. The van der Waals surface area contributed by atoms with Crippen molar-refractivity contribution < 1.29 is 24.2 Å². The van der Waals surface area contributed by atoms with Gasteiger partial charge in [-0.3, -0.25) is 4.79 Å². The molecule has 6 unspecified atom stereocenters. The van der Waals surface area contributed by atoms with Gasteiger partial charge in [0.05, 0.1) is 18.6 Å². The van der Waals surface area contributed by atoms with Crippen molar-refractivity contribution in [2.45, 2.75) is 57.8 Å². The predicted octanol–water partition coefficient (Wildman–Crippen LogP) is 2.78. The molecule has 4 aliphatic rings. The van der Waals surface area contributed by atoms with Crippen LogP contribution in [0.25, 0.3) is 0 Å². The van der Waals surface area contributed by atoms with E-state index in [4.69, 9.17) is 9.47 Å². The number of Topliss-reactive ketones (excluding diaryl/α,β-unsaturated/α-hetero) is 1. The lowest BCUT2D eigenvalue weighted by atomic mass is 9.47. The summed E-state index contributed by atoms with van der Waals surface area (Å²) in [5.41, 5.74) is -0.190. The minimum Gasteiger partial charge on any atom is -0.466 e.